The first-order valence-electron chi connectivity index (χ1n) is 8.54. The summed E-state index contributed by atoms with van der Waals surface area (Å²) in [6.45, 7) is 4.89. The number of carboxylic acid groups (broad SMARTS) is 1. The van der Waals surface area contributed by atoms with Crippen LogP contribution in [0.1, 0.15) is 34.7 Å². The Hall–Kier alpha value is -1.92. The van der Waals surface area contributed by atoms with Crippen LogP contribution in [0.4, 0.5) is 0 Å². The molecule has 3 rings (SSSR count). The van der Waals surface area contributed by atoms with Gasteiger partial charge in [0, 0.05) is 19.6 Å². The van der Waals surface area contributed by atoms with Crippen LogP contribution in [0.2, 0.25) is 0 Å². The Balaban J connectivity index is 1.57. The lowest BCUT2D eigenvalue weighted by atomic mass is 9.90. The number of amides is 1. The molecule has 1 N–H and O–H groups in total. The summed E-state index contributed by atoms with van der Waals surface area (Å²) < 4.78 is 5.29. The largest absolute Gasteiger partial charge is 0.478 e. The zero-order valence-corrected chi connectivity index (χ0v) is 13.8. The molecular weight excluding hydrogens is 308 g/mol. The number of carbonyl (C=O) groups is 2. The van der Waals surface area contributed by atoms with Crippen LogP contribution in [0.25, 0.3) is 0 Å². The van der Waals surface area contributed by atoms with Gasteiger partial charge in [0.2, 0.25) is 5.91 Å². The maximum atomic E-state index is 12.4. The quantitative estimate of drug-likeness (QED) is 0.903. The minimum atomic E-state index is -0.900. The number of hydrogen-bond donors (Lipinski definition) is 1. The smallest absolute Gasteiger partial charge is 0.335 e. The van der Waals surface area contributed by atoms with Crippen molar-refractivity contribution in [2.24, 2.45) is 0 Å². The van der Waals surface area contributed by atoms with Crippen molar-refractivity contribution in [3.8, 4) is 0 Å². The van der Waals surface area contributed by atoms with Gasteiger partial charge in [-0.15, -0.1) is 0 Å². The molecule has 0 bridgehead atoms. The fourth-order valence-corrected chi connectivity index (χ4v) is 3.47. The summed E-state index contributed by atoms with van der Waals surface area (Å²) in [6.07, 6.45) is 2.14. The molecule has 6 nitrogen and oxygen atoms in total. The Kier molecular flexibility index (Phi) is 5.48. The lowest BCUT2D eigenvalue weighted by Crippen LogP contribution is -2.47. The van der Waals surface area contributed by atoms with Gasteiger partial charge in [-0.2, -0.15) is 0 Å². The molecule has 1 amide bonds. The van der Waals surface area contributed by atoms with E-state index < -0.39 is 5.97 Å². The molecule has 0 radical (unpaired) electrons. The third kappa shape index (κ3) is 4.13. The predicted molar refractivity (Wildman–Crippen MR) is 89.2 cm³/mol. The number of ether oxygens (including phenoxy) is 1. The average Bonchev–Trinajstić information content (AvgIpc) is 2.63. The van der Waals surface area contributed by atoms with Gasteiger partial charge in [-0.3, -0.25) is 9.69 Å². The third-order valence-corrected chi connectivity index (χ3v) is 4.86. The number of carbonyl (C=O) groups excluding carboxylic acids is 1. The van der Waals surface area contributed by atoms with E-state index in [4.69, 9.17) is 9.84 Å². The molecule has 1 aromatic rings. The molecule has 24 heavy (non-hydrogen) atoms. The lowest BCUT2D eigenvalue weighted by Gasteiger charge is -2.35. The SMILES string of the molecule is O=C(O)c1ccc([C@@H]2CCCN(CC(=O)N3CCOCC3)C2)cc1. The maximum Gasteiger partial charge on any atom is 0.335 e. The van der Waals surface area contributed by atoms with Gasteiger partial charge < -0.3 is 14.7 Å². The Morgan fingerprint density at radius 2 is 1.83 bits per heavy atom. The van der Waals surface area contributed by atoms with Crippen molar-refractivity contribution in [2.75, 3.05) is 45.9 Å². The van der Waals surface area contributed by atoms with E-state index in [-0.39, 0.29) is 5.91 Å². The number of piperidine rings is 1. The monoisotopic (exact) mass is 332 g/mol. The zero-order valence-electron chi connectivity index (χ0n) is 13.8. The molecule has 130 valence electrons. The zero-order chi connectivity index (χ0) is 16.9. The van der Waals surface area contributed by atoms with Crippen LogP contribution in [0.15, 0.2) is 24.3 Å². The van der Waals surface area contributed by atoms with Crippen LogP contribution in [0, 0.1) is 0 Å². The molecular formula is C18H24N2O4. The molecule has 6 heteroatoms. The molecule has 0 unspecified atom stereocenters. The van der Waals surface area contributed by atoms with E-state index in [0.29, 0.717) is 44.3 Å². The molecule has 2 aliphatic heterocycles. The summed E-state index contributed by atoms with van der Waals surface area (Å²) in [5, 5.41) is 8.99. The summed E-state index contributed by atoms with van der Waals surface area (Å²) in [4.78, 5) is 27.4. The van der Waals surface area contributed by atoms with Crippen molar-refractivity contribution >= 4 is 11.9 Å². The number of aromatic carboxylic acids is 1. The number of carboxylic acids is 1. The minimum absolute atomic E-state index is 0.181. The predicted octanol–water partition coefficient (Wildman–Crippen LogP) is 1.42. The van der Waals surface area contributed by atoms with Crippen molar-refractivity contribution in [2.45, 2.75) is 18.8 Å². The average molecular weight is 332 g/mol. The van der Waals surface area contributed by atoms with Gasteiger partial charge in [-0.05, 0) is 43.0 Å². The topological polar surface area (TPSA) is 70.1 Å². The van der Waals surface area contributed by atoms with Crippen molar-refractivity contribution in [1.82, 2.24) is 9.80 Å². The number of hydrogen-bond acceptors (Lipinski definition) is 4. The molecule has 0 saturated carbocycles. The minimum Gasteiger partial charge on any atom is -0.478 e. The highest BCUT2D eigenvalue weighted by atomic mass is 16.5. The molecule has 2 heterocycles. The van der Waals surface area contributed by atoms with E-state index in [0.717, 1.165) is 31.5 Å². The molecule has 0 spiro atoms. The first-order valence-corrected chi connectivity index (χ1v) is 8.54. The van der Waals surface area contributed by atoms with Crippen LogP contribution >= 0.6 is 0 Å². The lowest BCUT2D eigenvalue weighted by molar-refractivity contribution is -0.136. The van der Waals surface area contributed by atoms with Crippen LogP contribution in [-0.4, -0.2) is 72.7 Å². The van der Waals surface area contributed by atoms with Crippen LogP contribution in [-0.2, 0) is 9.53 Å². The van der Waals surface area contributed by atoms with Crippen molar-refractivity contribution < 1.29 is 19.4 Å². The van der Waals surface area contributed by atoms with Gasteiger partial charge in [0.25, 0.3) is 0 Å². The molecule has 2 fully saturated rings. The molecule has 2 saturated heterocycles. The Labute approximate surface area is 142 Å². The number of rotatable bonds is 4. The summed E-state index contributed by atoms with van der Waals surface area (Å²) in [5.41, 5.74) is 1.47. The van der Waals surface area contributed by atoms with E-state index in [2.05, 4.69) is 4.90 Å². The third-order valence-electron chi connectivity index (χ3n) is 4.86. The molecule has 0 aromatic heterocycles. The van der Waals surface area contributed by atoms with E-state index in [1.165, 1.54) is 0 Å². The normalized spacial score (nSPS) is 22.3. The second-order valence-electron chi connectivity index (χ2n) is 6.49. The van der Waals surface area contributed by atoms with Gasteiger partial charge >= 0.3 is 5.97 Å². The molecule has 1 aromatic carbocycles. The highest BCUT2D eigenvalue weighted by Gasteiger charge is 2.25. The number of nitrogens with zero attached hydrogens (tertiary/aromatic N) is 2. The van der Waals surface area contributed by atoms with Crippen LogP contribution in [0.5, 0.6) is 0 Å². The number of benzene rings is 1. The van der Waals surface area contributed by atoms with Gasteiger partial charge in [0.15, 0.2) is 0 Å². The van der Waals surface area contributed by atoms with Crippen LogP contribution in [0.3, 0.4) is 0 Å². The highest BCUT2D eigenvalue weighted by molar-refractivity contribution is 5.87. The number of likely N-dealkylation sites (tertiary alicyclic amines) is 1. The summed E-state index contributed by atoms with van der Waals surface area (Å²) in [5.74, 6) is -0.359. The van der Waals surface area contributed by atoms with E-state index in [1.54, 1.807) is 12.1 Å². The van der Waals surface area contributed by atoms with E-state index >= 15 is 0 Å². The van der Waals surface area contributed by atoms with Crippen molar-refractivity contribution in [3.05, 3.63) is 35.4 Å². The fourth-order valence-electron chi connectivity index (χ4n) is 3.47. The number of morpholine rings is 1. The summed E-state index contributed by atoms with van der Waals surface area (Å²) >= 11 is 0. The first kappa shape index (κ1) is 16.9. The second kappa shape index (κ2) is 7.77. The standard InChI is InChI=1S/C18H24N2O4/c21-17(20-8-10-24-11-9-20)13-19-7-1-2-16(12-19)14-3-5-15(6-4-14)18(22)23/h3-6,16H,1-2,7-13H2,(H,22,23)/t16-/m1/s1. The van der Waals surface area contributed by atoms with Gasteiger partial charge in [-0.1, -0.05) is 12.1 Å². The van der Waals surface area contributed by atoms with E-state index in [1.807, 2.05) is 17.0 Å². The second-order valence-corrected chi connectivity index (χ2v) is 6.49. The van der Waals surface area contributed by atoms with Crippen molar-refractivity contribution in [3.63, 3.8) is 0 Å². The summed E-state index contributed by atoms with van der Waals surface area (Å²) in [6, 6.07) is 7.13. The highest BCUT2D eigenvalue weighted by Crippen LogP contribution is 2.27. The van der Waals surface area contributed by atoms with Crippen LogP contribution < -0.4 is 0 Å². The molecule has 1 atom stereocenters. The Bertz CT molecular complexity index is 581. The van der Waals surface area contributed by atoms with Crippen molar-refractivity contribution in [1.29, 1.82) is 0 Å². The first-order chi connectivity index (χ1) is 11.6. The molecule has 0 aliphatic carbocycles. The van der Waals surface area contributed by atoms with Gasteiger partial charge in [0.05, 0.1) is 25.3 Å². The Morgan fingerprint density at radius 1 is 1.12 bits per heavy atom. The fraction of sp³-hybridized carbons (Fsp3) is 0.556. The van der Waals surface area contributed by atoms with Gasteiger partial charge in [-0.25, -0.2) is 4.79 Å². The van der Waals surface area contributed by atoms with Gasteiger partial charge in [0.1, 0.15) is 0 Å². The van der Waals surface area contributed by atoms with E-state index in [9.17, 15) is 9.59 Å². The summed E-state index contributed by atoms with van der Waals surface area (Å²) in [7, 11) is 0. The molecule has 2 aliphatic rings. The Morgan fingerprint density at radius 3 is 2.50 bits per heavy atom. The maximum absolute atomic E-state index is 12.4.